The molecule has 1 heterocycles. The molecule has 2 amide bonds. The molecule has 5 nitrogen and oxygen atoms in total. The summed E-state index contributed by atoms with van der Waals surface area (Å²) in [5.41, 5.74) is 1.22. The maximum atomic E-state index is 12.8. The van der Waals surface area contributed by atoms with Gasteiger partial charge in [0.25, 0.3) is 0 Å². The molecular weight excluding hydrogens is 314 g/mol. The highest BCUT2D eigenvalue weighted by atomic mass is 16.2. The number of nitrogens with zero attached hydrogens (tertiary/aromatic N) is 1. The van der Waals surface area contributed by atoms with Crippen molar-refractivity contribution in [2.45, 2.75) is 57.2 Å². The summed E-state index contributed by atoms with van der Waals surface area (Å²) in [5, 5.41) is 6.08. The summed E-state index contributed by atoms with van der Waals surface area (Å²) in [5.74, 6) is 0.393. The predicted octanol–water partition coefficient (Wildman–Crippen LogP) is 2.24. The zero-order valence-corrected chi connectivity index (χ0v) is 15.2. The number of likely N-dealkylation sites (N-methyl/N-ethyl adjacent to an activating group) is 1. The van der Waals surface area contributed by atoms with Crippen LogP contribution in [0.3, 0.4) is 0 Å². The van der Waals surface area contributed by atoms with Crippen molar-refractivity contribution in [1.29, 1.82) is 0 Å². The Labute approximate surface area is 150 Å². The SMILES string of the molecule is CC(=O)N[C@H](CC1CCC1)C(=O)N[C@@H]1CCN(C)[C@@H]1c1ccccc1. The largest absolute Gasteiger partial charge is 0.350 e. The van der Waals surface area contributed by atoms with Crippen LogP contribution in [0.15, 0.2) is 30.3 Å². The molecule has 0 radical (unpaired) electrons. The molecule has 1 saturated heterocycles. The number of carbonyl (C=O) groups excluding carboxylic acids is 2. The average molecular weight is 343 g/mol. The Bertz CT molecular complexity index is 600. The first kappa shape index (κ1) is 17.9. The van der Waals surface area contributed by atoms with Crippen molar-refractivity contribution >= 4 is 11.8 Å². The van der Waals surface area contributed by atoms with Gasteiger partial charge in [-0.05, 0) is 31.4 Å². The molecule has 1 aliphatic heterocycles. The third-order valence-electron chi connectivity index (χ3n) is 5.61. The molecule has 3 rings (SSSR count). The van der Waals surface area contributed by atoms with Crippen molar-refractivity contribution in [3.8, 4) is 0 Å². The van der Waals surface area contributed by atoms with Crippen molar-refractivity contribution < 1.29 is 9.59 Å². The second kappa shape index (κ2) is 8.00. The molecule has 25 heavy (non-hydrogen) atoms. The topological polar surface area (TPSA) is 61.4 Å². The molecule has 1 aromatic carbocycles. The number of hydrogen-bond donors (Lipinski definition) is 2. The summed E-state index contributed by atoms with van der Waals surface area (Å²) in [7, 11) is 2.10. The number of carbonyl (C=O) groups is 2. The number of nitrogens with one attached hydrogen (secondary N) is 2. The van der Waals surface area contributed by atoms with E-state index in [4.69, 9.17) is 0 Å². The van der Waals surface area contributed by atoms with Crippen LogP contribution < -0.4 is 10.6 Å². The molecule has 2 aliphatic rings. The van der Waals surface area contributed by atoms with Gasteiger partial charge in [-0.25, -0.2) is 0 Å². The summed E-state index contributed by atoms with van der Waals surface area (Å²) < 4.78 is 0. The Balaban J connectivity index is 1.67. The lowest BCUT2D eigenvalue weighted by atomic mass is 9.80. The van der Waals surface area contributed by atoms with Gasteiger partial charge in [0.2, 0.25) is 11.8 Å². The number of hydrogen-bond acceptors (Lipinski definition) is 3. The monoisotopic (exact) mass is 343 g/mol. The standard InChI is InChI=1S/C20H29N3O2/c1-14(24)21-18(13-15-7-6-8-15)20(25)22-17-11-12-23(2)19(17)16-9-4-3-5-10-16/h3-5,9-10,15,17-19H,6-8,11-13H2,1-2H3,(H,21,24)(H,22,25)/t17-,18-,19-/m1/s1. The minimum Gasteiger partial charge on any atom is -0.350 e. The molecule has 1 saturated carbocycles. The van der Waals surface area contributed by atoms with E-state index in [0.717, 1.165) is 19.4 Å². The van der Waals surface area contributed by atoms with Gasteiger partial charge in [-0.3, -0.25) is 14.5 Å². The number of amides is 2. The summed E-state index contributed by atoms with van der Waals surface area (Å²) in [4.78, 5) is 26.7. The highest BCUT2D eigenvalue weighted by Crippen LogP contribution is 2.32. The van der Waals surface area contributed by atoms with Crippen molar-refractivity contribution in [2.24, 2.45) is 5.92 Å². The van der Waals surface area contributed by atoms with Crippen molar-refractivity contribution in [3.63, 3.8) is 0 Å². The molecule has 2 N–H and O–H groups in total. The van der Waals surface area contributed by atoms with E-state index in [0.29, 0.717) is 5.92 Å². The Kier molecular flexibility index (Phi) is 5.74. The molecule has 0 unspecified atom stereocenters. The van der Waals surface area contributed by atoms with Gasteiger partial charge in [-0.1, -0.05) is 49.6 Å². The molecule has 1 aliphatic carbocycles. The van der Waals surface area contributed by atoms with E-state index in [1.54, 1.807) is 0 Å². The smallest absolute Gasteiger partial charge is 0.242 e. The lowest BCUT2D eigenvalue weighted by Gasteiger charge is -2.31. The van der Waals surface area contributed by atoms with Crippen LogP contribution in [-0.2, 0) is 9.59 Å². The van der Waals surface area contributed by atoms with E-state index in [9.17, 15) is 9.59 Å². The second-order valence-corrected chi connectivity index (χ2v) is 7.53. The van der Waals surface area contributed by atoms with Crippen LogP contribution in [0.1, 0.15) is 50.6 Å². The maximum Gasteiger partial charge on any atom is 0.242 e. The van der Waals surface area contributed by atoms with Gasteiger partial charge < -0.3 is 10.6 Å². The third kappa shape index (κ3) is 4.40. The van der Waals surface area contributed by atoms with Crippen LogP contribution >= 0.6 is 0 Å². The van der Waals surface area contributed by atoms with Crippen LogP contribution in [0, 0.1) is 5.92 Å². The molecule has 0 spiro atoms. The molecule has 2 fully saturated rings. The van der Waals surface area contributed by atoms with Crippen molar-refractivity contribution in [1.82, 2.24) is 15.5 Å². The fourth-order valence-corrected chi connectivity index (χ4v) is 4.06. The normalized spacial score (nSPS) is 25.2. The summed E-state index contributed by atoms with van der Waals surface area (Å²) in [6.45, 7) is 2.44. The highest BCUT2D eigenvalue weighted by Gasteiger charge is 2.36. The number of likely N-dealkylation sites (tertiary alicyclic amines) is 1. The third-order valence-corrected chi connectivity index (χ3v) is 5.61. The lowest BCUT2D eigenvalue weighted by Crippen LogP contribution is -2.51. The van der Waals surface area contributed by atoms with E-state index in [-0.39, 0.29) is 23.9 Å². The van der Waals surface area contributed by atoms with Gasteiger partial charge in [0.1, 0.15) is 6.04 Å². The van der Waals surface area contributed by atoms with E-state index in [1.165, 1.54) is 31.7 Å². The minimum absolute atomic E-state index is 0.0386. The maximum absolute atomic E-state index is 12.8. The van der Waals surface area contributed by atoms with Crippen LogP contribution in [0.5, 0.6) is 0 Å². The Morgan fingerprint density at radius 2 is 1.92 bits per heavy atom. The van der Waals surface area contributed by atoms with Gasteiger partial charge in [-0.15, -0.1) is 0 Å². The molecule has 0 aromatic heterocycles. The van der Waals surface area contributed by atoms with E-state index < -0.39 is 6.04 Å². The summed E-state index contributed by atoms with van der Waals surface area (Å²) in [6, 6.07) is 10.2. The summed E-state index contributed by atoms with van der Waals surface area (Å²) >= 11 is 0. The fourth-order valence-electron chi connectivity index (χ4n) is 4.06. The van der Waals surface area contributed by atoms with Crippen LogP contribution in [0.2, 0.25) is 0 Å². The minimum atomic E-state index is -0.412. The Hall–Kier alpha value is -1.88. The molecule has 1 aromatic rings. The van der Waals surface area contributed by atoms with Gasteiger partial charge >= 0.3 is 0 Å². The first-order valence-corrected chi connectivity index (χ1v) is 9.37. The zero-order valence-electron chi connectivity index (χ0n) is 15.2. The van der Waals surface area contributed by atoms with Crippen LogP contribution in [-0.4, -0.2) is 42.4 Å². The Morgan fingerprint density at radius 3 is 2.52 bits per heavy atom. The zero-order chi connectivity index (χ0) is 17.8. The predicted molar refractivity (Wildman–Crippen MR) is 97.9 cm³/mol. The van der Waals surface area contributed by atoms with Gasteiger partial charge in [0.15, 0.2) is 0 Å². The van der Waals surface area contributed by atoms with Crippen molar-refractivity contribution in [3.05, 3.63) is 35.9 Å². The summed E-state index contributed by atoms with van der Waals surface area (Å²) in [6.07, 6.45) is 5.26. The van der Waals surface area contributed by atoms with E-state index in [1.807, 2.05) is 18.2 Å². The van der Waals surface area contributed by atoms with Gasteiger partial charge in [0.05, 0.1) is 6.04 Å². The molecule has 5 heteroatoms. The number of rotatable bonds is 6. The first-order chi connectivity index (χ1) is 12.0. The second-order valence-electron chi connectivity index (χ2n) is 7.53. The molecule has 0 bridgehead atoms. The average Bonchev–Trinajstić information content (AvgIpc) is 2.90. The fraction of sp³-hybridized carbons (Fsp3) is 0.600. The van der Waals surface area contributed by atoms with E-state index in [2.05, 4.69) is 34.7 Å². The van der Waals surface area contributed by atoms with Gasteiger partial charge in [0, 0.05) is 19.5 Å². The van der Waals surface area contributed by atoms with Crippen LogP contribution in [0.4, 0.5) is 0 Å². The molecule has 3 atom stereocenters. The lowest BCUT2D eigenvalue weighted by molar-refractivity contribution is -0.129. The molecule has 136 valence electrons. The van der Waals surface area contributed by atoms with Crippen molar-refractivity contribution in [2.75, 3.05) is 13.6 Å². The first-order valence-electron chi connectivity index (χ1n) is 9.37. The number of benzene rings is 1. The van der Waals surface area contributed by atoms with Gasteiger partial charge in [-0.2, -0.15) is 0 Å². The van der Waals surface area contributed by atoms with E-state index >= 15 is 0 Å². The highest BCUT2D eigenvalue weighted by molar-refractivity contribution is 5.87. The van der Waals surface area contributed by atoms with Crippen LogP contribution in [0.25, 0.3) is 0 Å². The quantitative estimate of drug-likeness (QED) is 0.833. The molecular formula is C20H29N3O2. The Morgan fingerprint density at radius 1 is 1.20 bits per heavy atom.